The molecular formula is C31H22ClF5N4O4. The monoisotopic (exact) mass is 644 g/mol. The van der Waals surface area contributed by atoms with E-state index in [0.717, 1.165) is 31.0 Å². The number of aliphatic hydroxyl groups is 1. The number of halogens is 6. The van der Waals surface area contributed by atoms with Crippen LogP contribution in [-0.2, 0) is 11.0 Å². The van der Waals surface area contributed by atoms with Crippen LogP contribution < -0.4 is 14.8 Å². The minimum atomic E-state index is -5.42. The smallest absolute Gasteiger partial charge is 0.424 e. The zero-order valence-corrected chi connectivity index (χ0v) is 23.8. The van der Waals surface area contributed by atoms with Crippen LogP contribution in [0.2, 0.25) is 5.02 Å². The Morgan fingerprint density at radius 2 is 1.93 bits per heavy atom. The number of benzene rings is 2. The molecule has 1 fully saturated rings. The van der Waals surface area contributed by atoms with Gasteiger partial charge in [-0.2, -0.15) is 18.4 Å². The first-order valence-corrected chi connectivity index (χ1v) is 14.0. The Morgan fingerprint density at radius 3 is 2.58 bits per heavy atom. The molecule has 2 aromatic heterocycles. The Bertz CT molecular complexity index is 1860. The van der Waals surface area contributed by atoms with Gasteiger partial charge < -0.3 is 19.9 Å². The molecule has 3 heterocycles. The Kier molecular flexibility index (Phi) is 7.53. The Morgan fingerprint density at radius 1 is 1.20 bits per heavy atom. The maximum atomic E-state index is 14.7. The molecule has 45 heavy (non-hydrogen) atoms. The van der Waals surface area contributed by atoms with Crippen molar-refractivity contribution in [3.8, 4) is 28.8 Å². The van der Waals surface area contributed by atoms with Crippen molar-refractivity contribution in [1.82, 2.24) is 15.3 Å². The lowest BCUT2D eigenvalue weighted by Gasteiger charge is -2.31. The molecule has 8 nitrogen and oxygen atoms in total. The Balaban J connectivity index is 1.41. The number of hydrogen-bond acceptors (Lipinski definition) is 7. The van der Waals surface area contributed by atoms with Gasteiger partial charge in [-0.05, 0) is 61.4 Å². The molecule has 232 valence electrons. The second kappa shape index (κ2) is 11.1. The van der Waals surface area contributed by atoms with Crippen LogP contribution in [0.15, 0.2) is 54.7 Å². The molecule has 2 N–H and O–H groups in total. The average Bonchev–Trinajstić information content (AvgIpc) is 3.76. The molecule has 0 saturated heterocycles. The van der Waals surface area contributed by atoms with E-state index in [-0.39, 0.29) is 45.0 Å². The number of nitrogens with zero attached hydrogens (tertiary/aromatic N) is 3. The van der Waals surface area contributed by atoms with Gasteiger partial charge in [-0.1, -0.05) is 11.6 Å². The van der Waals surface area contributed by atoms with Crippen LogP contribution in [0.1, 0.15) is 34.5 Å². The molecule has 6 rings (SSSR count). The summed E-state index contributed by atoms with van der Waals surface area (Å²) in [7, 11) is 0. The van der Waals surface area contributed by atoms with Crippen LogP contribution in [0.25, 0.3) is 22.2 Å². The molecule has 2 aliphatic rings. The average molecular weight is 645 g/mol. The van der Waals surface area contributed by atoms with E-state index in [1.807, 2.05) is 0 Å². The van der Waals surface area contributed by atoms with Gasteiger partial charge >= 0.3 is 6.18 Å². The van der Waals surface area contributed by atoms with Crippen molar-refractivity contribution in [2.24, 2.45) is 0 Å². The largest absolute Gasteiger partial charge is 0.489 e. The minimum Gasteiger partial charge on any atom is -0.489 e. The SMILES string of the molecule is N#C[C@@]1(CF)COc2c1cc(C(O)(CNC(=O)c1cc(OC3CC3)c3ncc(Cl)cc3c1)C(F)(F)F)nc2-c1ccc(F)cc1. The maximum Gasteiger partial charge on any atom is 0.424 e. The molecule has 0 radical (unpaired) electrons. The fourth-order valence-corrected chi connectivity index (χ4v) is 5.14. The summed E-state index contributed by atoms with van der Waals surface area (Å²) in [5, 5.41) is 23.8. The summed E-state index contributed by atoms with van der Waals surface area (Å²) in [5.74, 6) is -1.57. The second-order valence-electron chi connectivity index (χ2n) is 10.9. The molecule has 0 spiro atoms. The Hall–Kier alpha value is -4.54. The van der Waals surface area contributed by atoms with Gasteiger partial charge in [0.15, 0.2) is 5.75 Å². The van der Waals surface area contributed by atoms with Crippen LogP contribution in [0.5, 0.6) is 11.5 Å². The van der Waals surface area contributed by atoms with Gasteiger partial charge in [-0.25, -0.2) is 13.8 Å². The van der Waals surface area contributed by atoms with Gasteiger partial charge in [0, 0.05) is 28.3 Å². The number of amides is 1. The second-order valence-corrected chi connectivity index (χ2v) is 11.3. The van der Waals surface area contributed by atoms with Crippen LogP contribution in [0, 0.1) is 17.1 Å². The van der Waals surface area contributed by atoms with Crippen molar-refractivity contribution >= 4 is 28.4 Å². The van der Waals surface area contributed by atoms with Crippen molar-refractivity contribution < 1.29 is 41.3 Å². The fraction of sp³-hybridized carbons (Fsp3) is 0.290. The number of carbonyl (C=O) groups excluding carboxylic acids is 1. The summed E-state index contributed by atoms with van der Waals surface area (Å²) in [6.45, 7) is -3.25. The van der Waals surface area contributed by atoms with Crippen molar-refractivity contribution in [3.05, 3.63) is 82.4 Å². The van der Waals surface area contributed by atoms with Crippen LogP contribution in [0.3, 0.4) is 0 Å². The summed E-state index contributed by atoms with van der Waals surface area (Å²) in [5.41, 5.74) is -6.98. The lowest BCUT2D eigenvalue weighted by atomic mass is 9.83. The first kappa shape index (κ1) is 30.5. The van der Waals surface area contributed by atoms with Gasteiger partial charge in [0.2, 0.25) is 5.60 Å². The van der Waals surface area contributed by atoms with Gasteiger partial charge in [0.1, 0.15) is 41.5 Å². The highest BCUT2D eigenvalue weighted by atomic mass is 35.5. The number of carbonyl (C=O) groups is 1. The molecular weight excluding hydrogens is 623 g/mol. The first-order valence-electron chi connectivity index (χ1n) is 13.6. The van der Waals surface area contributed by atoms with E-state index in [9.17, 15) is 37.1 Å². The lowest BCUT2D eigenvalue weighted by Crippen LogP contribution is -2.51. The van der Waals surface area contributed by atoms with E-state index < -0.39 is 54.4 Å². The fourth-order valence-electron chi connectivity index (χ4n) is 4.98. The summed E-state index contributed by atoms with van der Waals surface area (Å²) < 4.78 is 83.4. The molecule has 1 aliphatic carbocycles. The first-order chi connectivity index (χ1) is 21.4. The number of ether oxygens (including phenoxy) is 2. The highest BCUT2D eigenvalue weighted by Crippen LogP contribution is 2.48. The third-order valence-electron chi connectivity index (χ3n) is 7.70. The number of alkyl halides is 4. The number of pyridine rings is 2. The molecule has 0 bridgehead atoms. The summed E-state index contributed by atoms with van der Waals surface area (Å²) >= 11 is 6.07. The minimum absolute atomic E-state index is 0.0854. The number of nitriles is 1. The maximum absolute atomic E-state index is 14.7. The predicted molar refractivity (Wildman–Crippen MR) is 151 cm³/mol. The normalized spacial score (nSPS) is 18.9. The highest BCUT2D eigenvalue weighted by Gasteiger charge is 2.57. The topological polar surface area (TPSA) is 117 Å². The summed E-state index contributed by atoms with van der Waals surface area (Å²) in [4.78, 5) is 21.5. The summed E-state index contributed by atoms with van der Waals surface area (Å²) in [6.07, 6.45) is -2.54. The van der Waals surface area contributed by atoms with Crippen molar-refractivity contribution in [3.63, 3.8) is 0 Å². The molecule has 2 aromatic carbocycles. The van der Waals surface area contributed by atoms with Crippen molar-refractivity contribution in [2.45, 2.75) is 36.1 Å². The molecule has 14 heteroatoms. The molecule has 1 unspecified atom stereocenters. The Labute approximate surface area is 257 Å². The predicted octanol–water partition coefficient (Wildman–Crippen LogP) is 5.93. The van der Waals surface area contributed by atoms with Gasteiger partial charge in [0.25, 0.3) is 5.91 Å². The van der Waals surface area contributed by atoms with Gasteiger partial charge in [0.05, 0.1) is 29.4 Å². The molecule has 4 aromatic rings. The number of nitrogens with one attached hydrogen (secondary N) is 1. The van der Waals surface area contributed by atoms with Crippen molar-refractivity contribution in [2.75, 3.05) is 19.8 Å². The quantitative estimate of drug-likeness (QED) is 0.228. The zero-order chi connectivity index (χ0) is 32.1. The van der Waals surface area contributed by atoms with Crippen LogP contribution in [-0.4, -0.2) is 53.1 Å². The molecule has 1 amide bonds. The van der Waals surface area contributed by atoms with E-state index in [0.29, 0.717) is 10.9 Å². The zero-order valence-electron chi connectivity index (χ0n) is 23.1. The van der Waals surface area contributed by atoms with Gasteiger partial charge in [-0.15, -0.1) is 0 Å². The van der Waals surface area contributed by atoms with Crippen LogP contribution in [0.4, 0.5) is 22.0 Å². The van der Waals surface area contributed by atoms with E-state index in [4.69, 9.17) is 21.1 Å². The number of rotatable bonds is 8. The standard InChI is InChI=1S/C31H22ClF5N4O4/c32-19-8-17-7-18(9-23(25(17)39-11-19)45-21-5-6-21)28(42)40-14-30(43,31(35,36)37)24-10-22-27(44-15-29(22,12-33)13-38)26(41-24)16-1-3-20(34)4-2-16/h1-4,7-11,21,43H,5-6,12,14-15H2,(H,40,42)/t29-,30?/m0/s1. The van der Waals surface area contributed by atoms with E-state index in [2.05, 4.69) is 15.3 Å². The lowest BCUT2D eigenvalue weighted by molar-refractivity contribution is -0.265. The van der Waals surface area contributed by atoms with Gasteiger partial charge in [-0.3, -0.25) is 9.78 Å². The van der Waals surface area contributed by atoms with E-state index in [1.54, 1.807) is 6.07 Å². The van der Waals surface area contributed by atoms with E-state index in [1.165, 1.54) is 36.5 Å². The summed E-state index contributed by atoms with van der Waals surface area (Å²) in [6, 6.07) is 11.2. The third kappa shape index (κ3) is 5.49. The third-order valence-corrected chi connectivity index (χ3v) is 7.91. The molecule has 1 aliphatic heterocycles. The highest BCUT2D eigenvalue weighted by molar-refractivity contribution is 6.31. The molecule has 2 atom stereocenters. The number of hydrogen-bond donors (Lipinski definition) is 2. The molecule has 1 saturated carbocycles. The number of fused-ring (bicyclic) bond motifs is 2. The van der Waals surface area contributed by atoms with Crippen LogP contribution >= 0.6 is 11.6 Å². The van der Waals surface area contributed by atoms with Crippen molar-refractivity contribution in [1.29, 1.82) is 5.26 Å². The number of aromatic nitrogens is 2. The van der Waals surface area contributed by atoms with E-state index >= 15 is 0 Å².